The number of hydrogen-bond donors (Lipinski definition) is 1. The summed E-state index contributed by atoms with van der Waals surface area (Å²) in [5.74, 6) is 0.904. The van der Waals surface area contributed by atoms with Gasteiger partial charge in [0.05, 0.1) is 6.26 Å². The van der Waals surface area contributed by atoms with Gasteiger partial charge < -0.3 is 9.73 Å². The van der Waals surface area contributed by atoms with E-state index in [1.807, 2.05) is 18.4 Å². The van der Waals surface area contributed by atoms with Gasteiger partial charge >= 0.3 is 0 Å². The van der Waals surface area contributed by atoms with E-state index in [0.29, 0.717) is 6.04 Å². The fourth-order valence-electron chi connectivity index (χ4n) is 3.12. The Balaban J connectivity index is 1.62. The normalized spacial score (nSPS) is 24.5. The third kappa shape index (κ3) is 3.01. The van der Waals surface area contributed by atoms with Crippen LogP contribution in [0.4, 0.5) is 0 Å². The highest BCUT2D eigenvalue weighted by atomic mass is 16.3. The molecule has 0 saturated heterocycles. The molecular formula is C17H23NO. The van der Waals surface area contributed by atoms with Crippen LogP contribution in [0.1, 0.15) is 44.6 Å². The van der Waals surface area contributed by atoms with Gasteiger partial charge in [-0.3, -0.25) is 0 Å². The minimum Gasteiger partial charge on any atom is -0.464 e. The van der Waals surface area contributed by atoms with Crippen molar-refractivity contribution in [2.24, 2.45) is 5.92 Å². The van der Waals surface area contributed by atoms with Crippen LogP contribution in [-0.2, 0) is 6.54 Å². The van der Waals surface area contributed by atoms with Crippen molar-refractivity contribution >= 4 is 11.0 Å². The number of para-hydroxylation sites is 1. The van der Waals surface area contributed by atoms with Crippen LogP contribution >= 0.6 is 0 Å². The van der Waals surface area contributed by atoms with Gasteiger partial charge in [0, 0.05) is 23.5 Å². The van der Waals surface area contributed by atoms with Gasteiger partial charge in [-0.15, -0.1) is 0 Å². The lowest BCUT2D eigenvalue weighted by Gasteiger charge is -2.15. The fraction of sp³-hybridized carbons (Fsp3) is 0.529. The van der Waals surface area contributed by atoms with E-state index in [2.05, 4.69) is 24.4 Å². The van der Waals surface area contributed by atoms with Crippen molar-refractivity contribution in [1.82, 2.24) is 5.32 Å². The molecule has 2 aromatic rings. The fourth-order valence-corrected chi connectivity index (χ4v) is 3.12. The minimum absolute atomic E-state index is 0.679. The molecule has 0 amide bonds. The lowest BCUT2D eigenvalue weighted by atomic mass is 10.0. The molecule has 2 unspecified atom stereocenters. The second-order valence-electron chi connectivity index (χ2n) is 5.95. The lowest BCUT2D eigenvalue weighted by molar-refractivity contribution is 0.446. The average molecular weight is 257 g/mol. The van der Waals surface area contributed by atoms with Crippen molar-refractivity contribution in [1.29, 1.82) is 0 Å². The van der Waals surface area contributed by atoms with E-state index in [4.69, 9.17) is 4.42 Å². The summed E-state index contributed by atoms with van der Waals surface area (Å²) in [6.45, 7) is 3.31. The Bertz CT molecular complexity index is 531. The molecule has 1 aromatic carbocycles. The largest absolute Gasteiger partial charge is 0.464 e. The molecule has 2 heteroatoms. The Labute approximate surface area is 115 Å². The summed E-state index contributed by atoms with van der Waals surface area (Å²) < 4.78 is 5.59. The van der Waals surface area contributed by atoms with Gasteiger partial charge in [-0.25, -0.2) is 0 Å². The molecule has 0 aliphatic heterocycles. The second-order valence-corrected chi connectivity index (χ2v) is 5.95. The van der Waals surface area contributed by atoms with Gasteiger partial charge in [-0.1, -0.05) is 38.0 Å². The summed E-state index contributed by atoms with van der Waals surface area (Å²) >= 11 is 0. The molecule has 3 rings (SSSR count). The van der Waals surface area contributed by atoms with Gasteiger partial charge in [0.1, 0.15) is 5.58 Å². The van der Waals surface area contributed by atoms with Crippen LogP contribution in [0.5, 0.6) is 0 Å². The van der Waals surface area contributed by atoms with E-state index in [0.717, 1.165) is 18.0 Å². The molecule has 1 fully saturated rings. The Morgan fingerprint density at radius 1 is 1.16 bits per heavy atom. The van der Waals surface area contributed by atoms with Crippen LogP contribution in [-0.4, -0.2) is 6.04 Å². The molecule has 0 radical (unpaired) electrons. The first kappa shape index (κ1) is 12.7. The van der Waals surface area contributed by atoms with E-state index in [1.165, 1.54) is 43.1 Å². The summed E-state index contributed by atoms with van der Waals surface area (Å²) in [6, 6.07) is 8.96. The maximum absolute atomic E-state index is 5.59. The number of benzene rings is 1. The third-order valence-electron chi connectivity index (χ3n) is 4.40. The van der Waals surface area contributed by atoms with E-state index < -0.39 is 0 Å². The maximum atomic E-state index is 5.59. The first-order valence-corrected chi connectivity index (χ1v) is 7.51. The molecule has 2 atom stereocenters. The molecule has 2 nitrogen and oxygen atoms in total. The van der Waals surface area contributed by atoms with E-state index in [9.17, 15) is 0 Å². The van der Waals surface area contributed by atoms with Gasteiger partial charge in [-0.05, 0) is 31.2 Å². The zero-order valence-corrected chi connectivity index (χ0v) is 11.7. The molecule has 1 aromatic heterocycles. The molecular weight excluding hydrogens is 234 g/mol. The molecule has 0 spiro atoms. The predicted molar refractivity (Wildman–Crippen MR) is 79.1 cm³/mol. The summed E-state index contributed by atoms with van der Waals surface area (Å²) in [5, 5.41) is 4.96. The molecule has 19 heavy (non-hydrogen) atoms. The van der Waals surface area contributed by atoms with E-state index >= 15 is 0 Å². The number of nitrogens with one attached hydrogen (secondary N) is 1. The monoisotopic (exact) mass is 257 g/mol. The van der Waals surface area contributed by atoms with Crippen LogP contribution in [0.3, 0.4) is 0 Å². The van der Waals surface area contributed by atoms with Gasteiger partial charge in [0.2, 0.25) is 0 Å². The first-order chi connectivity index (χ1) is 9.33. The molecule has 1 saturated carbocycles. The Kier molecular flexibility index (Phi) is 3.88. The average Bonchev–Trinajstić information content (AvgIpc) is 2.73. The maximum Gasteiger partial charge on any atom is 0.134 e. The Hall–Kier alpha value is -1.28. The van der Waals surface area contributed by atoms with Crippen molar-refractivity contribution in [3.63, 3.8) is 0 Å². The quantitative estimate of drug-likeness (QED) is 0.819. The topological polar surface area (TPSA) is 25.2 Å². The highest BCUT2D eigenvalue weighted by Gasteiger charge is 2.16. The predicted octanol–water partition coefficient (Wildman–Crippen LogP) is 4.49. The Morgan fingerprint density at radius 2 is 2.05 bits per heavy atom. The summed E-state index contributed by atoms with van der Waals surface area (Å²) in [6.07, 6.45) is 8.66. The molecule has 1 N–H and O–H groups in total. The van der Waals surface area contributed by atoms with E-state index in [-0.39, 0.29) is 0 Å². The van der Waals surface area contributed by atoms with Crippen molar-refractivity contribution in [3.05, 3.63) is 36.1 Å². The van der Waals surface area contributed by atoms with Crippen LogP contribution in [0.2, 0.25) is 0 Å². The highest BCUT2D eigenvalue weighted by molar-refractivity contribution is 5.80. The summed E-state index contributed by atoms with van der Waals surface area (Å²) in [5.41, 5.74) is 2.28. The summed E-state index contributed by atoms with van der Waals surface area (Å²) in [7, 11) is 0. The Morgan fingerprint density at radius 3 is 3.00 bits per heavy atom. The smallest absolute Gasteiger partial charge is 0.134 e. The molecule has 0 bridgehead atoms. The van der Waals surface area contributed by atoms with Crippen LogP contribution in [0.25, 0.3) is 11.0 Å². The van der Waals surface area contributed by atoms with Gasteiger partial charge in [0.25, 0.3) is 0 Å². The number of furan rings is 1. The first-order valence-electron chi connectivity index (χ1n) is 7.51. The third-order valence-corrected chi connectivity index (χ3v) is 4.40. The van der Waals surface area contributed by atoms with Crippen molar-refractivity contribution in [2.45, 2.75) is 51.6 Å². The molecule has 1 aliphatic carbocycles. The number of rotatable bonds is 3. The van der Waals surface area contributed by atoms with Crippen LogP contribution in [0.15, 0.2) is 34.9 Å². The van der Waals surface area contributed by atoms with Crippen LogP contribution < -0.4 is 5.32 Å². The van der Waals surface area contributed by atoms with Gasteiger partial charge in [0.15, 0.2) is 0 Å². The van der Waals surface area contributed by atoms with Crippen molar-refractivity contribution in [3.8, 4) is 0 Å². The van der Waals surface area contributed by atoms with E-state index in [1.54, 1.807) is 0 Å². The summed E-state index contributed by atoms with van der Waals surface area (Å²) in [4.78, 5) is 0. The van der Waals surface area contributed by atoms with Crippen molar-refractivity contribution < 1.29 is 4.42 Å². The zero-order chi connectivity index (χ0) is 13.1. The molecule has 102 valence electrons. The van der Waals surface area contributed by atoms with Crippen molar-refractivity contribution in [2.75, 3.05) is 0 Å². The highest BCUT2D eigenvalue weighted by Crippen LogP contribution is 2.24. The minimum atomic E-state index is 0.679. The number of fused-ring (bicyclic) bond motifs is 1. The lowest BCUT2D eigenvalue weighted by Crippen LogP contribution is -2.27. The SMILES string of the molecule is CC1CCCC(NCc2coc3ccccc23)CC1. The standard InChI is InChI=1S/C17H23NO/c1-13-5-4-6-15(10-9-13)18-11-14-12-19-17-8-3-2-7-16(14)17/h2-3,7-8,12-13,15,18H,4-6,9-11H2,1H3. The van der Waals surface area contributed by atoms with Gasteiger partial charge in [-0.2, -0.15) is 0 Å². The molecule has 1 aliphatic rings. The number of hydrogen-bond acceptors (Lipinski definition) is 2. The second kappa shape index (κ2) is 5.79. The van der Waals surface area contributed by atoms with Crippen LogP contribution in [0, 0.1) is 5.92 Å². The zero-order valence-electron chi connectivity index (χ0n) is 11.7. The molecule has 1 heterocycles.